The van der Waals surface area contributed by atoms with E-state index in [1.807, 2.05) is 42.2 Å². The highest BCUT2D eigenvalue weighted by atomic mass is 16.7. The minimum atomic E-state index is -0.334. The van der Waals surface area contributed by atoms with Crippen molar-refractivity contribution in [3.63, 3.8) is 0 Å². The number of amides is 1. The van der Waals surface area contributed by atoms with E-state index in [1.165, 1.54) is 0 Å². The summed E-state index contributed by atoms with van der Waals surface area (Å²) in [5.41, 5.74) is 0.297. The van der Waals surface area contributed by atoms with Crippen molar-refractivity contribution in [2.75, 3.05) is 13.1 Å². The molecule has 0 saturated carbocycles. The third-order valence-electron chi connectivity index (χ3n) is 6.94. The van der Waals surface area contributed by atoms with E-state index in [4.69, 9.17) is 14.0 Å². The Hall–Kier alpha value is -1.86. The second-order valence-electron chi connectivity index (χ2n) is 9.73. The van der Waals surface area contributed by atoms with E-state index in [9.17, 15) is 9.59 Å². The third kappa shape index (κ3) is 5.69. The molecule has 2 saturated heterocycles. The number of hydrogen-bond acceptors (Lipinski definition) is 5. The number of carbonyl (C=O) groups excluding carboxylic acids is 2. The molecule has 7 heteroatoms. The molecule has 2 aliphatic rings. The fourth-order valence-electron chi connectivity index (χ4n) is 4.32. The number of rotatable bonds is 8. The highest BCUT2D eigenvalue weighted by Gasteiger charge is 2.50. The first kappa shape index (κ1) is 23.8. The van der Waals surface area contributed by atoms with Crippen LogP contribution in [0.1, 0.15) is 59.4 Å². The van der Waals surface area contributed by atoms with Gasteiger partial charge in [-0.15, -0.1) is 0 Å². The number of ether oxygens (including phenoxy) is 1. The largest absolute Gasteiger partial charge is 0.461 e. The van der Waals surface area contributed by atoms with Crippen molar-refractivity contribution in [1.29, 1.82) is 0 Å². The van der Waals surface area contributed by atoms with Gasteiger partial charge in [0.05, 0.1) is 17.1 Å². The molecule has 0 N–H and O–H groups in total. The second-order valence-corrected chi connectivity index (χ2v) is 9.73. The standard InChI is InChI=1S/C24H36BNO5/c1-6-21(27)26-15-19(13-10-14-25-30-23(2,3)24(4,5)31-25)20(16-26)22(28)29-17-18-11-8-7-9-12-18/h7-9,11-12,19-20H,6,10,13-17H2,1-5H3/t19-,20?/m0/s1. The topological polar surface area (TPSA) is 65.1 Å². The van der Waals surface area contributed by atoms with Gasteiger partial charge in [0.15, 0.2) is 0 Å². The van der Waals surface area contributed by atoms with E-state index in [0.717, 1.165) is 24.7 Å². The van der Waals surface area contributed by atoms with Crippen molar-refractivity contribution in [3.8, 4) is 0 Å². The van der Waals surface area contributed by atoms with Crippen LogP contribution in [0.4, 0.5) is 0 Å². The Bertz CT molecular complexity index is 750. The molecule has 3 rings (SSSR count). The lowest BCUT2D eigenvalue weighted by Gasteiger charge is -2.32. The van der Waals surface area contributed by atoms with Crippen LogP contribution in [-0.4, -0.2) is 48.2 Å². The van der Waals surface area contributed by atoms with Gasteiger partial charge in [-0.25, -0.2) is 0 Å². The van der Waals surface area contributed by atoms with Crippen LogP contribution in [0.25, 0.3) is 0 Å². The van der Waals surface area contributed by atoms with Crippen LogP contribution in [0.2, 0.25) is 6.32 Å². The molecule has 0 spiro atoms. The smallest absolute Gasteiger partial charge is 0.457 e. The highest BCUT2D eigenvalue weighted by molar-refractivity contribution is 6.45. The molecule has 1 aromatic rings. The lowest BCUT2D eigenvalue weighted by atomic mass is 9.79. The molecule has 1 aromatic carbocycles. The molecule has 6 nitrogen and oxygen atoms in total. The second kappa shape index (κ2) is 9.74. The molecular formula is C24H36BNO5. The zero-order valence-electron chi connectivity index (χ0n) is 19.6. The Morgan fingerprint density at radius 1 is 1.10 bits per heavy atom. The average Bonchev–Trinajstić information content (AvgIpc) is 3.24. The molecule has 0 aliphatic carbocycles. The van der Waals surface area contributed by atoms with E-state index in [2.05, 4.69) is 27.7 Å². The zero-order chi connectivity index (χ0) is 22.6. The summed E-state index contributed by atoms with van der Waals surface area (Å²) >= 11 is 0. The summed E-state index contributed by atoms with van der Waals surface area (Å²) in [6.07, 6.45) is 2.93. The Morgan fingerprint density at radius 3 is 2.35 bits per heavy atom. The number of carbonyl (C=O) groups is 2. The quantitative estimate of drug-likeness (QED) is 0.460. The van der Waals surface area contributed by atoms with Crippen molar-refractivity contribution >= 4 is 19.0 Å². The van der Waals surface area contributed by atoms with Crippen LogP contribution < -0.4 is 0 Å². The van der Waals surface area contributed by atoms with Crippen molar-refractivity contribution in [2.24, 2.45) is 11.8 Å². The maximum Gasteiger partial charge on any atom is 0.457 e. The Labute approximate surface area is 186 Å². The van der Waals surface area contributed by atoms with Crippen LogP contribution in [-0.2, 0) is 30.2 Å². The summed E-state index contributed by atoms with van der Waals surface area (Å²) < 4.78 is 17.8. The SMILES string of the molecule is CCC(=O)N1CC(C(=O)OCc2ccccc2)[C@@H](CCCB2OC(C)(C)C(C)(C)O2)C1. The average molecular weight is 429 g/mol. The molecule has 2 aliphatic heterocycles. The maximum absolute atomic E-state index is 12.9. The Balaban J connectivity index is 1.55. The van der Waals surface area contributed by atoms with E-state index >= 15 is 0 Å². The monoisotopic (exact) mass is 429 g/mol. The predicted molar refractivity (Wildman–Crippen MR) is 120 cm³/mol. The van der Waals surface area contributed by atoms with Crippen molar-refractivity contribution in [3.05, 3.63) is 35.9 Å². The minimum Gasteiger partial charge on any atom is -0.461 e. The number of hydrogen-bond donors (Lipinski definition) is 0. The molecule has 1 unspecified atom stereocenters. The fourth-order valence-corrected chi connectivity index (χ4v) is 4.32. The summed E-state index contributed by atoms with van der Waals surface area (Å²) in [5, 5.41) is 0. The van der Waals surface area contributed by atoms with Crippen LogP contribution in [0.5, 0.6) is 0 Å². The van der Waals surface area contributed by atoms with Crippen LogP contribution >= 0.6 is 0 Å². The molecule has 0 aromatic heterocycles. The van der Waals surface area contributed by atoms with Gasteiger partial charge >= 0.3 is 13.1 Å². The number of nitrogens with zero attached hydrogens (tertiary/aromatic N) is 1. The van der Waals surface area contributed by atoms with Gasteiger partial charge < -0.3 is 18.9 Å². The molecule has 170 valence electrons. The molecule has 31 heavy (non-hydrogen) atoms. The Morgan fingerprint density at radius 2 is 1.74 bits per heavy atom. The van der Waals surface area contributed by atoms with Gasteiger partial charge in [0.25, 0.3) is 0 Å². The van der Waals surface area contributed by atoms with Gasteiger partial charge in [0, 0.05) is 19.5 Å². The van der Waals surface area contributed by atoms with E-state index in [1.54, 1.807) is 0 Å². The molecule has 0 radical (unpaired) electrons. The molecule has 0 bridgehead atoms. The van der Waals surface area contributed by atoms with Gasteiger partial charge in [0.2, 0.25) is 5.91 Å². The minimum absolute atomic E-state index is 0.0920. The lowest BCUT2D eigenvalue weighted by molar-refractivity contribution is -0.150. The van der Waals surface area contributed by atoms with Gasteiger partial charge in [-0.3, -0.25) is 9.59 Å². The lowest BCUT2D eigenvalue weighted by Crippen LogP contribution is -2.41. The summed E-state index contributed by atoms with van der Waals surface area (Å²) in [4.78, 5) is 26.9. The summed E-state index contributed by atoms with van der Waals surface area (Å²) in [5.74, 6) is -0.302. The van der Waals surface area contributed by atoms with Crippen LogP contribution in [0.3, 0.4) is 0 Å². The number of esters is 1. The molecule has 2 atom stereocenters. The first-order chi connectivity index (χ1) is 14.6. The zero-order valence-corrected chi connectivity index (χ0v) is 19.6. The van der Waals surface area contributed by atoms with Gasteiger partial charge in [-0.1, -0.05) is 43.7 Å². The number of likely N-dealkylation sites (tertiary alicyclic amines) is 1. The normalized spacial score (nSPS) is 24.4. The van der Waals surface area contributed by atoms with Gasteiger partial charge in [0.1, 0.15) is 6.61 Å². The Kier molecular flexibility index (Phi) is 7.48. The van der Waals surface area contributed by atoms with Crippen LogP contribution in [0, 0.1) is 11.8 Å². The van der Waals surface area contributed by atoms with Crippen molar-refractivity contribution in [1.82, 2.24) is 4.90 Å². The van der Waals surface area contributed by atoms with E-state index < -0.39 is 0 Å². The molecule has 2 fully saturated rings. The van der Waals surface area contributed by atoms with Crippen LogP contribution in [0.15, 0.2) is 30.3 Å². The van der Waals surface area contributed by atoms with E-state index in [-0.39, 0.29) is 48.6 Å². The van der Waals surface area contributed by atoms with E-state index in [0.29, 0.717) is 19.5 Å². The maximum atomic E-state index is 12.9. The van der Waals surface area contributed by atoms with Crippen molar-refractivity contribution in [2.45, 2.75) is 78.0 Å². The third-order valence-corrected chi connectivity index (χ3v) is 6.94. The van der Waals surface area contributed by atoms with Crippen molar-refractivity contribution < 1.29 is 23.6 Å². The summed E-state index contributed by atoms with van der Waals surface area (Å²) in [6, 6.07) is 9.68. The summed E-state index contributed by atoms with van der Waals surface area (Å²) in [6.45, 7) is 11.4. The first-order valence-electron chi connectivity index (χ1n) is 11.5. The first-order valence-corrected chi connectivity index (χ1v) is 11.5. The molecule has 2 heterocycles. The molecule has 1 amide bonds. The highest BCUT2D eigenvalue weighted by Crippen LogP contribution is 2.38. The number of benzene rings is 1. The summed E-state index contributed by atoms with van der Waals surface area (Å²) in [7, 11) is -0.233. The molecular weight excluding hydrogens is 393 g/mol. The van der Waals surface area contributed by atoms with Gasteiger partial charge in [-0.05, 0) is 51.9 Å². The fraction of sp³-hybridized carbons (Fsp3) is 0.667. The van der Waals surface area contributed by atoms with Gasteiger partial charge in [-0.2, -0.15) is 0 Å². The predicted octanol–water partition coefficient (Wildman–Crippen LogP) is 4.09.